The molecule has 1 aromatic rings. The largest absolute Gasteiger partial charge is 0.508 e. The molecule has 3 atom stereocenters. The summed E-state index contributed by atoms with van der Waals surface area (Å²) in [5.41, 5.74) is 0.523. The highest BCUT2D eigenvalue weighted by atomic mass is 16.7. The molecule has 1 aliphatic rings. The van der Waals surface area contributed by atoms with Crippen LogP contribution in [-0.4, -0.2) is 41.7 Å². The number of non-ortho nitro benzene ring substituents is 1. The predicted octanol–water partition coefficient (Wildman–Crippen LogP) is 1.87. The minimum absolute atomic E-state index is 0.0705. The number of nitrogens with one attached hydrogen (secondary N) is 1. The van der Waals surface area contributed by atoms with Gasteiger partial charge in [-0.05, 0) is 31.5 Å². The summed E-state index contributed by atoms with van der Waals surface area (Å²) >= 11 is 0. The lowest BCUT2D eigenvalue weighted by molar-refractivity contribution is -0.384. The molecule has 1 N–H and O–H groups in total. The van der Waals surface area contributed by atoms with Gasteiger partial charge in [-0.1, -0.05) is 6.58 Å². The van der Waals surface area contributed by atoms with Gasteiger partial charge in [0.2, 0.25) is 5.91 Å². The number of amides is 1. The fraction of sp³-hybridized carbons (Fsp3) is 0.389. The van der Waals surface area contributed by atoms with Gasteiger partial charge < -0.3 is 19.5 Å². The molecule has 0 bridgehead atoms. The smallest absolute Gasteiger partial charge is 0.463 e. The number of nitrogens with zero attached hydrogens (tertiary/aromatic N) is 1. The van der Waals surface area contributed by atoms with Gasteiger partial charge in [0, 0.05) is 12.1 Å². The molecule has 10 heteroatoms. The van der Waals surface area contributed by atoms with Gasteiger partial charge in [-0.3, -0.25) is 14.9 Å². The maximum atomic E-state index is 11.9. The molecule has 0 radical (unpaired) electrons. The zero-order valence-electron chi connectivity index (χ0n) is 15.4. The van der Waals surface area contributed by atoms with Crippen molar-refractivity contribution in [2.45, 2.75) is 32.6 Å². The van der Waals surface area contributed by atoms with Crippen LogP contribution < -0.4 is 5.32 Å². The maximum absolute atomic E-state index is 11.9. The van der Waals surface area contributed by atoms with E-state index < -0.39 is 35.1 Å². The van der Waals surface area contributed by atoms with Crippen LogP contribution in [-0.2, 0) is 30.4 Å². The second kappa shape index (κ2) is 8.98. The number of nitro groups is 1. The number of hydrogen-bond acceptors (Lipinski definition) is 8. The van der Waals surface area contributed by atoms with Crippen molar-refractivity contribution in [2.75, 3.05) is 6.61 Å². The lowest BCUT2D eigenvalue weighted by Crippen LogP contribution is -2.63. The Morgan fingerprint density at radius 3 is 2.46 bits per heavy atom. The lowest BCUT2D eigenvalue weighted by atomic mass is 9.82. The van der Waals surface area contributed by atoms with Gasteiger partial charge >= 0.3 is 12.1 Å². The quantitative estimate of drug-likeness (QED) is 0.233. The van der Waals surface area contributed by atoms with Crippen LogP contribution in [0.1, 0.15) is 19.4 Å². The Kier molecular flexibility index (Phi) is 6.69. The molecular formula is C18H20N2O8. The Labute approximate surface area is 160 Å². The first-order valence-corrected chi connectivity index (χ1v) is 8.47. The minimum atomic E-state index is -1.01. The van der Waals surface area contributed by atoms with Crippen molar-refractivity contribution in [1.82, 2.24) is 5.32 Å². The normalized spacial score (nSPS) is 18.9. The Morgan fingerprint density at radius 2 is 1.93 bits per heavy atom. The first-order chi connectivity index (χ1) is 13.2. The van der Waals surface area contributed by atoms with Gasteiger partial charge in [0.1, 0.15) is 12.7 Å². The van der Waals surface area contributed by atoms with E-state index >= 15 is 0 Å². The second-order valence-corrected chi connectivity index (χ2v) is 6.04. The molecular weight excluding hydrogens is 372 g/mol. The highest BCUT2D eigenvalue weighted by Crippen LogP contribution is 2.27. The maximum Gasteiger partial charge on any atom is 0.508 e. The Morgan fingerprint density at radius 1 is 1.29 bits per heavy atom. The fourth-order valence-corrected chi connectivity index (χ4v) is 2.65. The van der Waals surface area contributed by atoms with Crippen LogP contribution in [0.15, 0.2) is 36.4 Å². The molecule has 1 heterocycles. The molecule has 1 fully saturated rings. The summed E-state index contributed by atoms with van der Waals surface area (Å²) in [6.07, 6.45) is -1.87. The summed E-state index contributed by atoms with van der Waals surface area (Å²) in [7, 11) is 0. The van der Waals surface area contributed by atoms with Crippen molar-refractivity contribution in [3.63, 3.8) is 0 Å². The molecule has 10 nitrogen and oxygen atoms in total. The van der Waals surface area contributed by atoms with Gasteiger partial charge in [0.15, 0.2) is 0 Å². The topological polar surface area (TPSA) is 134 Å². The van der Waals surface area contributed by atoms with Gasteiger partial charge in [0.25, 0.3) is 5.69 Å². The van der Waals surface area contributed by atoms with E-state index in [1.54, 1.807) is 6.92 Å². The van der Waals surface area contributed by atoms with Gasteiger partial charge in [-0.2, -0.15) is 0 Å². The highest BCUT2D eigenvalue weighted by molar-refractivity contribution is 5.96. The summed E-state index contributed by atoms with van der Waals surface area (Å²) in [6.45, 7) is 6.79. The molecule has 150 valence electrons. The fourth-order valence-electron chi connectivity index (χ4n) is 2.65. The van der Waals surface area contributed by atoms with E-state index in [0.29, 0.717) is 5.56 Å². The SMILES string of the molecule is C=C(C(=O)OCC)[C@H]1NC(=O)[C@@H]1[C@@H](C)OC(=O)OCc1ccc([N+](=O)[O-])cc1. The first-order valence-electron chi connectivity index (χ1n) is 8.47. The van der Waals surface area contributed by atoms with Gasteiger partial charge in [-0.15, -0.1) is 0 Å². The molecule has 1 saturated heterocycles. The molecule has 0 aromatic heterocycles. The number of carbonyl (C=O) groups is 3. The average molecular weight is 392 g/mol. The summed E-state index contributed by atoms with van der Waals surface area (Å²) in [6, 6.07) is 4.79. The molecule has 2 rings (SSSR count). The Bertz CT molecular complexity index is 789. The Balaban J connectivity index is 1.87. The number of nitro benzene ring substituents is 1. The predicted molar refractivity (Wildman–Crippen MR) is 95.0 cm³/mol. The van der Waals surface area contributed by atoms with Crippen LogP contribution in [0.3, 0.4) is 0 Å². The number of carbonyl (C=O) groups excluding carboxylic acids is 3. The zero-order valence-corrected chi connectivity index (χ0v) is 15.4. The number of benzene rings is 1. The monoisotopic (exact) mass is 392 g/mol. The van der Waals surface area contributed by atoms with Crippen LogP contribution in [0, 0.1) is 16.0 Å². The van der Waals surface area contributed by atoms with E-state index in [1.807, 2.05) is 0 Å². The average Bonchev–Trinajstić information content (AvgIpc) is 2.64. The highest BCUT2D eigenvalue weighted by Gasteiger charge is 2.47. The van der Waals surface area contributed by atoms with E-state index in [9.17, 15) is 24.5 Å². The van der Waals surface area contributed by atoms with Crippen molar-refractivity contribution in [2.24, 2.45) is 5.92 Å². The Hall–Kier alpha value is -3.43. The van der Waals surface area contributed by atoms with E-state index in [1.165, 1.54) is 31.2 Å². The van der Waals surface area contributed by atoms with Gasteiger partial charge in [-0.25, -0.2) is 9.59 Å². The summed E-state index contributed by atoms with van der Waals surface area (Å²) in [5.74, 6) is -1.81. The summed E-state index contributed by atoms with van der Waals surface area (Å²) in [5, 5.41) is 13.1. The van der Waals surface area contributed by atoms with Crippen molar-refractivity contribution in [3.05, 3.63) is 52.1 Å². The number of hydrogen-bond donors (Lipinski definition) is 1. The van der Waals surface area contributed by atoms with Crippen molar-refractivity contribution < 1.29 is 33.5 Å². The molecule has 1 aromatic carbocycles. The van der Waals surface area contributed by atoms with Crippen LogP contribution in [0.4, 0.5) is 10.5 Å². The van der Waals surface area contributed by atoms with Crippen LogP contribution in [0.2, 0.25) is 0 Å². The van der Waals surface area contributed by atoms with Crippen molar-refractivity contribution in [1.29, 1.82) is 0 Å². The van der Waals surface area contributed by atoms with Crippen molar-refractivity contribution >= 4 is 23.7 Å². The zero-order chi connectivity index (χ0) is 20.8. The van der Waals surface area contributed by atoms with E-state index in [-0.39, 0.29) is 30.4 Å². The van der Waals surface area contributed by atoms with E-state index in [2.05, 4.69) is 11.9 Å². The van der Waals surface area contributed by atoms with E-state index in [0.717, 1.165) is 0 Å². The number of β-lactam (4-membered cyclic amide) rings is 1. The summed E-state index contributed by atoms with van der Waals surface area (Å²) < 4.78 is 14.9. The standard InChI is InChI=1S/C18H20N2O8/c1-4-26-17(22)10(2)15-14(16(21)19-15)11(3)28-18(23)27-9-12-5-7-13(8-6-12)20(24)25/h5-8,11,14-15H,2,4,9H2,1,3H3,(H,19,21)/t11-,14-,15-/m1/s1. The number of rotatable bonds is 8. The second-order valence-electron chi connectivity index (χ2n) is 6.04. The van der Waals surface area contributed by atoms with Crippen LogP contribution in [0.25, 0.3) is 0 Å². The third-order valence-corrected chi connectivity index (χ3v) is 4.16. The molecule has 28 heavy (non-hydrogen) atoms. The lowest BCUT2D eigenvalue weighted by Gasteiger charge is -2.39. The first kappa shape index (κ1) is 20.9. The van der Waals surface area contributed by atoms with E-state index in [4.69, 9.17) is 14.2 Å². The van der Waals surface area contributed by atoms with Crippen LogP contribution in [0.5, 0.6) is 0 Å². The number of esters is 1. The molecule has 1 amide bonds. The van der Waals surface area contributed by atoms with Gasteiger partial charge in [0.05, 0.1) is 29.1 Å². The molecule has 0 spiro atoms. The minimum Gasteiger partial charge on any atom is -0.463 e. The third-order valence-electron chi connectivity index (χ3n) is 4.16. The summed E-state index contributed by atoms with van der Waals surface area (Å²) in [4.78, 5) is 45.5. The molecule has 0 unspecified atom stereocenters. The third kappa shape index (κ3) is 4.84. The molecule has 1 aliphatic heterocycles. The number of ether oxygens (including phenoxy) is 3. The van der Waals surface area contributed by atoms with Crippen LogP contribution >= 0.6 is 0 Å². The molecule has 0 aliphatic carbocycles. The molecule has 0 saturated carbocycles. The van der Waals surface area contributed by atoms with Crippen molar-refractivity contribution in [3.8, 4) is 0 Å².